The molecule has 2 N–H and O–H groups in total. The lowest BCUT2D eigenvalue weighted by Crippen LogP contribution is -2.55. The minimum atomic E-state index is -1.21. The molecule has 0 aromatic heterocycles. The summed E-state index contributed by atoms with van der Waals surface area (Å²) in [6.45, 7) is 4.09. The van der Waals surface area contributed by atoms with Crippen molar-refractivity contribution < 1.29 is 18.8 Å². The Bertz CT molecular complexity index is 1190. The summed E-state index contributed by atoms with van der Waals surface area (Å²) in [4.78, 5) is 46.6. The largest absolute Gasteiger partial charge is 0.355 e. The van der Waals surface area contributed by atoms with E-state index in [1.54, 1.807) is 31.3 Å². The number of nitrogens with one attached hydrogen (secondary N) is 2. The molecule has 0 radical (unpaired) electrons. The molecule has 1 unspecified atom stereocenters. The molecule has 37 heavy (non-hydrogen) atoms. The van der Waals surface area contributed by atoms with Crippen LogP contribution in [0.25, 0.3) is 0 Å². The van der Waals surface area contributed by atoms with Crippen LogP contribution in [0.1, 0.15) is 62.6 Å². The average Bonchev–Trinajstić information content (AvgIpc) is 3.38. The average molecular weight is 507 g/mol. The summed E-state index contributed by atoms with van der Waals surface area (Å²) in [5.74, 6) is -0.724. The number of halogens is 1. The summed E-state index contributed by atoms with van der Waals surface area (Å²) >= 11 is 0. The second-order valence-corrected chi connectivity index (χ2v) is 10.3. The molecule has 4 rings (SSSR count). The number of aliphatic imine (C=N–C) groups is 1. The highest BCUT2D eigenvalue weighted by atomic mass is 19.1. The zero-order chi connectivity index (χ0) is 26.6. The molecule has 3 amide bonds. The number of anilines is 1. The van der Waals surface area contributed by atoms with E-state index in [1.807, 2.05) is 24.3 Å². The van der Waals surface area contributed by atoms with Gasteiger partial charge in [-0.25, -0.2) is 9.38 Å². The van der Waals surface area contributed by atoms with Gasteiger partial charge in [-0.3, -0.25) is 14.4 Å². The third-order valence-corrected chi connectivity index (χ3v) is 7.33. The molecule has 7 nitrogen and oxygen atoms in total. The molecule has 1 heterocycles. The summed E-state index contributed by atoms with van der Waals surface area (Å²) in [5.41, 5.74) is 1.92. The normalized spacial score (nSPS) is 18.7. The Morgan fingerprint density at radius 3 is 2.41 bits per heavy atom. The van der Waals surface area contributed by atoms with Crippen LogP contribution >= 0.6 is 0 Å². The van der Waals surface area contributed by atoms with Gasteiger partial charge in [0.25, 0.3) is 5.91 Å². The number of hydrogen-bond donors (Lipinski definition) is 2. The smallest absolute Gasteiger partial charge is 0.272 e. The Balaban J connectivity index is 1.67. The molecule has 1 atom stereocenters. The quantitative estimate of drug-likeness (QED) is 0.528. The minimum absolute atomic E-state index is 0.285. The van der Waals surface area contributed by atoms with Crippen LogP contribution in [0.15, 0.2) is 53.5 Å². The van der Waals surface area contributed by atoms with Gasteiger partial charge in [0.1, 0.15) is 12.1 Å². The van der Waals surface area contributed by atoms with Crippen molar-refractivity contribution in [1.29, 1.82) is 0 Å². The van der Waals surface area contributed by atoms with Gasteiger partial charge in [-0.1, -0.05) is 69.2 Å². The highest BCUT2D eigenvalue weighted by Gasteiger charge is 2.49. The Morgan fingerprint density at radius 2 is 1.76 bits per heavy atom. The summed E-state index contributed by atoms with van der Waals surface area (Å²) < 4.78 is 13.1. The van der Waals surface area contributed by atoms with Crippen LogP contribution in [0.5, 0.6) is 0 Å². The molecule has 1 aliphatic heterocycles. The summed E-state index contributed by atoms with van der Waals surface area (Å²) in [5, 5.41) is 5.77. The SMILES string of the molecule is CC(C)CCNC(=O)C1(C(=O)NC2N=C(c3ccc(CF)cc3)c3ccccc3N(C)C2=O)CCCC1. The lowest BCUT2D eigenvalue weighted by Gasteiger charge is -2.29. The van der Waals surface area contributed by atoms with E-state index in [2.05, 4.69) is 24.5 Å². The Labute approximate surface area is 217 Å². The molecule has 1 fully saturated rings. The third kappa shape index (κ3) is 5.43. The zero-order valence-electron chi connectivity index (χ0n) is 21.7. The molecular weight excluding hydrogens is 471 g/mol. The van der Waals surface area contributed by atoms with Crippen molar-refractivity contribution >= 4 is 29.1 Å². The molecule has 0 saturated heterocycles. The van der Waals surface area contributed by atoms with Crippen LogP contribution in [-0.2, 0) is 21.1 Å². The van der Waals surface area contributed by atoms with E-state index < -0.39 is 30.1 Å². The monoisotopic (exact) mass is 506 g/mol. The van der Waals surface area contributed by atoms with Crippen LogP contribution in [0.4, 0.5) is 10.1 Å². The second kappa shape index (κ2) is 11.2. The maximum atomic E-state index is 13.7. The maximum absolute atomic E-state index is 13.7. The van der Waals surface area contributed by atoms with Crippen LogP contribution in [-0.4, -0.2) is 43.2 Å². The van der Waals surface area contributed by atoms with Gasteiger partial charge in [0.15, 0.2) is 0 Å². The first kappa shape index (κ1) is 26.5. The van der Waals surface area contributed by atoms with Gasteiger partial charge in [-0.2, -0.15) is 0 Å². The molecule has 2 aromatic rings. The number of rotatable bonds is 8. The third-order valence-electron chi connectivity index (χ3n) is 7.33. The van der Waals surface area contributed by atoms with Crippen molar-refractivity contribution in [3.63, 3.8) is 0 Å². The fourth-order valence-corrected chi connectivity index (χ4v) is 5.04. The van der Waals surface area contributed by atoms with Crippen LogP contribution in [0.2, 0.25) is 0 Å². The van der Waals surface area contributed by atoms with Crippen molar-refractivity contribution in [2.75, 3.05) is 18.5 Å². The number of benzodiazepines with no additional fused rings is 1. The molecular formula is C29H35FN4O3. The van der Waals surface area contributed by atoms with Crippen LogP contribution < -0.4 is 15.5 Å². The molecule has 2 aliphatic rings. The standard InChI is InChI=1S/C29H35FN4O3/c1-19(2)14-17-31-27(36)29(15-6-7-16-29)28(37)33-25-26(35)34(3)23-9-5-4-8-22(23)24(32-25)21-12-10-20(18-30)11-13-21/h4-5,8-13,19,25H,6-7,14-18H2,1-3H3,(H,31,36)(H,33,37). The van der Waals surface area contributed by atoms with Crippen molar-refractivity contribution in [3.05, 3.63) is 65.2 Å². The van der Waals surface area contributed by atoms with Gasteiger partial charge < -0.3 is 15.5 Å². The van der Waals surface area contributed by atoms with E-state index in [0.717, 1.165) is 24.8 Å². The first-order valence-electron chi connectivity index (χ1n) is 13.0. The zero-order valence-corrected chi connectivity index (χ0v) is 21.7. The first-order chi connectivity index (χ1) is 17.8. The second-order valence-electron chi connectivity index (χ2n) is 10.3. The van der Waals surface area contributed by atoms with E-state index in [4.69, 9.17) is 4.99 Å². The van der Waals surface area contributed by atoms with Crippen LogP contribution in [0.3, 0.4) is 0 Å². The Morgan fingerprint density at radius 1 is 1.08 bits per heavy atom. The molecule has 1 saturated carbocycles. The van der Waals surface area contributed by atoms with Gasteiger partial charge in [0.05, 0.1) is 11.4 Å². The fourth-order valence-electron chi connectivity index (χ4n) is 5.04. The van der Waals surface area contributed by atoms with E-state index in [0.29, 0.717) is 47.8 Å². The van der Waals surface area contributed by atoms with Crippen molar-refractivity contribution in [2.45, 2.75) is 58.8 Å². The fraction of sp³-hybridized carbons (Fsp3) is 0.448. The number of nitrogens with zero attached hydrogens (tertiary/aromatic N) is 2. The number of para-hydroxylation sites is 1. The van der Waals surface area contributed by atoms with Gasteiger partial charge in [-0.05, 0) is 36.8 Å². The molecule has 0 bridgehead atoms. The summed E-state index contributed by atoms with van der Waals surface area (Å²) in [6, 6.07) is 14.3. The van der Waals surface area contributed by atoms with E-state index >= 15 is 0 Å². The van der Waals surface area contributed by atoms with Gasteiger partial charge >= 0.3 is 0 Å². The highest BCUT2D eigenvalue weighted by Crippen LogP contribution is 2.39. The van der Waals surface area contributed by atoms with Gasteiger partial charge in [0.2, 0.25) is 18.0 Å². The lowest BCUT2D eigenvalue weighted by molar-refractivity contribution is -0.144. The molecule has 1 aliphatic carbocycles. The Hall–Kier alpha value is -3.55. The number of carbonyl (C=O) groups excluding carboxylic acids is 3. The number of benzene rings is 2. The number of fused-ring (bicyclic) bond motifs is 1. The number of amides is 3. The highest BCUT2D eigenvalue weighted by molar-refractivity contribution is 6.20. The summed E-state index contributed by atoms with van der Waals surface area (Å²) in [6.07, 6.45) is 2.02. The van der Waals surface area contributed by atoms with Crippen molar-refractivity contribution in [1.82, 2.24) is 10.6 Å². The van der Waals surface area contributed by atoms with E-state index in [9.17, 15) is 18.8 Å². The maximum Gasteiger partial charge on any atom is 0.272 e. The minimum Gasteiger partial charge on any atom is -0.355 e. The molecule has 8 heteroatoms. The van der Waals surface area contributed by atoms with Crippen LogP contribution in [0, 0.1) is 11.3 Å². The van der Waals surface area contributed by atoms with E-state index in [-0.39, 0.29) is 5.91 Å². The predicted molar refractivity (Wildman–Crippen MR) is 142 cm³/mol. The van der Waals surface area contributed by atoms with Gasteiger partial charge in [-0.15, -0.1) is 0 Å². The van der Waals surface area contributed by atoms with Crippen molar-refractivity contribution in [2.24, 2.45) is 16.3 Å². The van der Waals surface area contributed by atoms with Crippen molar-refractivity contribution in [3.8, 4) is 0 Å². The lowest BCUT2D eigenvalue weighted by atomic mass is 9.83. The number of carbonyl (C=O) groups is 3. The predicted octanol–water partition coefficient (Wildman–Crippen LogP) is 4.13. The Kier molecular flexibility index (Phi) is 8.05. The van der Waals surface area contributed by atoms with Gasteiger partial charge in [0, 0.05) is 24.7 Å². The summed E-state index contributed by atoms with van der Waals surface area (Å²) in [7, 11) is 1.65. The topological polar surface area (TPSA) is 90.9 Å². The number of likely N-dealkylation sites (N-methyl/N-ethyl adjacent to an activating group) is 1. The number of hydrogen-bond acceptors (Lipinski definition) is 4. The van der Waals surface area contributed by atoms with E-state index in [1.165, 1.54) is 4.90 Å². The molecule has 2 aromatic carbocycles. The first-order valence-corrected chi connectivity index (χ1v) is 13.0. The molecule has 0 spiro atoms. The molecule has 196 valence electrons. The number of alkyl halides is 1.